The summed E-state index contributed by atoms with van der Waals surface area (Å²) in [7, 11) is 3.58. The lowest BCUT2D eigenvalue weighted by Gasteiger charge is -2.42. The van der Waals surface area contributed by atoms with Crippen molar-refractivity contribution in [3.63, 3.8) is 0 Å². The van der Waals surface area contributed by atoms with Crippen LogP contribution in [0.2, 0.25) is 0 Å². The fourth-order valence-corrected chi connectivity index (χ4v) is 3.25. The quantitative estimate of drug-likeness (QED) is 0.747. The highest BCUT2D eigenvalue weighted by Crippen LogP contribution is 2.29. The molecular weight excluding hydrogens is 284 g/mol. The van der Waals surface area contributed by atoms with Crippen molar-refractivity contribution in [1.29, 1.82) is 0 Å². The number of aromatic nitrogens is 2. The molecule has 0 saturated carbocycles. The molecule has 2 fully saturated rings. The SMILES string of the molecule is CN1CCCCC2(CN(C(=O)c3ccn(C)n3)CCO2)C1=O. The Bertz CT molecular complexity index is 585. The number of likely N-dealkylation sites (tertiary alicyclic amines) is 1. The van der Waals surface area contributed by atoms with E-state index in [-0.39, 0.29) is 11.8 Å². The average Bonchev–Trinajstić information content (AvgIpc) is 2.91. The number of ether oxygens (including phenoxy) is 1. The highest BCUT2D eigenvalue weighted by molar-refractivity contribution is 5.93. The van der Waals surface area contributed by atoms with Gasteiger partial charge in [-0.3, -0.25) is 14.3 Å². The molecule has 0 N–H and O–H groups in total. The molecule has 22 heavy (non-hydrogen) atoms. The molecule has 2 aliphatic heterocycles. The molecule has 2 saturated heterocycles. The second kappa shape index (κ2) is 5.72. The van der Waals surface area contributed by atoms with E-state index in [1.54, 1.807) is 40.8 Å². The Balaban J connectivity index is 1.81. The summed E-state index contributed by atoms with van der Waals surface area (Å²) in [6.07, 6.45) is 4.32. The number of hydrogen-bond acceptors (Lipinski definition) is 4. The van der Waals surface area contributed by atoms with Crippen LogP contribution in [-0.2, 0) is 16.6 Å². The summed E-state index contributed by atoms with van der Waals surface area (Å²) >= 11 is 0. The normalized spacial score (nSPS) is 26.4. The first-order valence-electron chi connectivity index (χ1n) is 7.70. The van der Waals surface area contributed by atoms with Crippen LogP contribution in [0.25, 0.3) is 0 Å². The van der Waals surface area contributed by atoms with Gasteiger partial charge in [-0.15, -0.1) is 0 Å². The number of morpholine rings is 1. The van der Waals surface area contributed by atoms with Crippen LogP contribution >= 0.6 is 0 Å². The second-order valence-corrected chi connectivity index (χ2v) is 6.13. The zero-order valence-electron chi connectivity index (χ0n) is 13.1. The highest BCUT2D eigenvalue weighted by Gasteiger charge is 2.47. The zero-order chi connectivity index (χ0) is 15.7. The van der Waals surface area contributed by atoms with Crippen molar-refractivity contribution in [2.24, 2.45) is 7.05 Å². The largest absolute Gasteiger partial charge is 0.361 e. The monoisotopic (exact) mass is 306 g/mol. The molecular formula is C15H22N4O3. The molecule has 1 atom stereocenters. The van der Waals surface area contributed by atoms with Gasteiger partial charge in [-0.05, 0) is 25.3 Å². The minimum Gasteiger partial charge on any atom is -0.361 e. The van der Waals surface area contributed by atoms with E-state index >= 15 is 0 Å². The molecule has 7 nitrogen and oxygen atoms in total. The van der Waals surface area contributed by atoms with Crippen LogP contribution in [0.5, 0.6) is 0 Å². The van der Waals surface area contributed by atoms with Crippen LogP contribution in [0.1, 0.15) is 29.8 Å². The molecule has 2 aliphatic rings. The van der Waals surface area contributed by atoms with Crippen molar-refractivity contribution in [3.05, 3.63) is 18.0 Å². The van der Waals surface area contributed by atoms with E-state index in [1.165, 1.54) is 0 Å². The fourth-order valence-electron chi connectivity index (χ4n) is 3.25. The minimum absolute atomic E-state index is 0.0106. The molecule has 1 aromatic heterocycles. The molecule has 3 rings (SSSR count). The third kappa shape index (κ3) is 2.61. The lowest BCUT2D eigenvalue weighted by molar-refractivity contribution is -0.166. The van der Waals surface area contributed by atoms with Gasteiger partial charge in [0, 0.05) is 33.4 Å². The van der Waals surface area contributed by atoms with E-state index in [9.17, 15) is 9.59 Å². The summed E-state index contributed by atoms with van der Waals surface area (Å²) in [5, 5.41) is 4.16. The maximum atomic E-state index is 12.7. The standard InChI is InChI=1S/C15H22N4O3/c1-17-7-4-3-6-15(14(17)21)11-19(9-10-22-15)13(20)12-5-8-18(2)16-12/h5,8H,3-4,6-7,9-11H2,1-2H3. The molecule has 2 amide bonds. The van der Waals surface area contributed by atoms with E-state index in [0.29, 0.717) is 31.8 Å². The predicted molar refractivity (Wildman–Crippen MR) is 79.3 cm³/mol. The van der Waals surface area contributed by atoms with Gasteiger partial charge < -0.3 is 14.5 Å². The number of carbonyl (C=O) groups is 2. The molecule has 120 valence electrons. The molecule has 1 unspecified atom stereocenters. The Hall–Kier alpha value is -1.89. The van der Waals surface area contributed by atoms with Crippen molar-refractivity contribution < 1.29 is 14.3 Å². The fraction of sp³-hybridized carbons (Fsp3) is 0.667. The van der Waals surface area contributed by atoms with Crippen LogP contribution in [0.15, 0.2) is 12.3 Å². The Labute approximate surface area is 129 Å². The summed E-state index contributed by atoms with van der Waals surface area (Å²) in [6, 6.07) is 1.70. The van der Waals surface area contributed by atoms with Gasteiger partial charge in [0.25, 0.3) is 11.8 Å². The van der Waals surface area contributed by atoms with Crippen LogP contribution in [-0.4, -0.2) is 70.3 Å². The smallest absolute Gasteiger partial charge is 0.274 e. The van der Waals surface area contributed by atoms with Crippen LogP contribution in [0.4, 0.5) is 0 Å². The molecule has 0 radical (unpaired) electrons. The summed E-state index contributed by atoms with van der Waals surface area (Å²) < 4.78 is 7.49. The first-order valence-corrected chi connectivity index (χ1v) is 7.70. The van der Waals surface area contributed by atoms with E-state index in [4.69, 9.17) is 4.74 Å². The zero-order valence-corrected chi connectivity index (χ0v) is 13.1. The van der Waals surface area contributed by atoms with Crippen molar-refractivity contribution >= 4 is 11.8 Å². The molecule has 1 aromatic rings. The molecule has 0 aromatic carbocycles. The summed E-state index contributed by atoms with van der Waals surface area (Å²) in [4.78, 5) is 28.7. The van der Waals surface area contributed by atoms with Crippen LogP contribution in [0.3, 0.4) is 0 Å². The highest BCUT2D eigenvalue weighted by atomic mass is 16.5. The Morgan fingerprint density at radius 2 is 2.14 bits per heavy atom. The van der Waals surface area contributed by atoms with Crippen LogP contribution < -0.4 is 0 Å². The van der Waals surface area contributed by atoms with Gasteiger partial charge in [-0.2, -0.15) is 5.10 Å². The van der Waals surface area contributed by atoms with Gasteiger partial charge in [0.05, 0.1) is 13.2 Å². The minimum atomic E-state index is -0.881. The Morgan fingerprint density at radius 1 is 1.32 bits per heavy atom. The predicted octanol–water partition coefficient (Wildman–Crippen LogP) is 0.274. The first-order chi connectivity index (χ1) is 10.5. The number of likely N-dealkylation sites (N-methyl/N-ethyl adjacent to an activating group) is 1. The number of rotatable bonds is 1. The third-order valence-electron chi connectivity index (χ3n) is 4.47. The lowest BCUT2D eigenvalue weighted by Crippen LogP contribution is -2.60. The van der Waals surface area contributed by atoms with E-state index in [1.807, 2.05) is 0 Å². The topological polar surface area (TPSA) is 67.7 Å². The van der Waals surface area contributed by atoms with Gasteiger partial charge in [0.2, 0.25) is 0 Å². The van der Waals surface area contributed by atoms with Crippen LogP contribution in [0, 0.1) is 0 Å². The van der Waals surface area contributed by atoms with E-state index in [0.717, 1.165) is 19.4 Å². The third-order valence-corrected chi connectivity index (χ3v) is 4.47. The van der Waals surface area contributed by atoms with Crippen molar-refractivity contribution in [2.45, 2.75) is 24.9 Å². The van der Waals surface area contributed by atoms with Gasteiger partial charge in [0.15, 0.2) is 5.60 Å². The number of hydrogen-bond donors (Lipinski definition) is 0. The van der Waals surface area contributed by atoms with Gasteiger partial charge in [0.1, 0.15) is 5.69 Å². The Morgan fingerprint density at radius 3 is 2.86 bits per heavy atom. The molecule has 7 heteroatoms. The summed E-state index contributed by atoms with van der Waals surface area (Å²) in [5.74, 6) is -0.147. The van der Waals surface area contributed by atoms with Gasteiger partial charge in [-0.25, -0.2) is 0 Å². The lowest BCUT2D eigenvalue weighted by atomic mass is 9.94. The van der Waals surface area contributed by atoms with Crippen molar-refractivity contribution in [2.75, 3.05) is 33.3 Å². The first kappa shape index (κ1) is 15.0. The van der Waals surface area contributed by atoms with E-state index < -0.39 is 5.60 Å². The molecule has 1 spiro atoms. The summed E-state index contributed by atoms with van der Waals surface area (Å²) in [5.41, 5.74) is -0.470. The maximum Gasteiger partial charge on any atom is 0.274 e. The van der Waals surface area contributed by atoms with Gasteiger partial charge in [-0.1, -0.05) is 0 Å². The number of carbonyl (C=O) groups excluding carboxylic acids is 2. The molecule has 3 heterocycles. The number of nitrogens with zero attached hydrogens (tertiary/aromatic N) is 4. The van der Waals surface area contributed by atoms with Crippen molar-refractivity contribution in [3.8, 4) is 0 Å². The van der Waals surface area contributed by atoms with Gasteiger partial charge >= 0.3 is 0 Å². The second-order valence-electron chi connectivity index (χ2n) is 6.13. The summed E-state index contributed by atoms with van der Waals surface area (Å²) in [6.45, 7) is 1.94. The molecule has 0 aliphatic carbocycles. The molecule has 0 bridgehead atoms. The van der Waals surface area contributed by atoms with E-state index in [2.05, 4.69) is 5.10 Å². The van der Waals surface area contributed by atoms with Crippen molar-refractivity contribution in [1.82, 2.24) is 19.6 Å². The Kier molecular flexibility index (Phi) is 3.90. The maximum absolute atomic E-state index is 12.7. The number of aryl methyl sites for hydroxylation is 1. The number of amides is 2. The average molecular weight is 306 g/mol.